The monoisotopic (exact) mass is 912 g/mol. The summed E-state index contributed by atoms with van der Waals surface area (Å²) in [5.74, 6) is -6.72. The van der Waals surface area contributed by atoms with Gasteiger partial charge in [0.05, 0.1) is 0 Å². The number of fused-ring (bicyclic) bond motifs is 1. The average Bonchev–Trinajstić information content (AvgIpc) is 3.20. The molecule has 0 bridgehead atoms. The summed E-state index contributed by atoms with van der Waals surface area (Å²) in [5, 5.41) is 4.97. The molecule has 0 radical (unpaired) electrons. The Bertz CT molecular complexity index is 2350. The van der Waals surface area contributed by atoms with Gasteiger partial charge >= 0.3 is 35.8 Å². The first kappa shape index (κ1) is 49.0. The molecule has 2 amide bonds. The number of carbonyl (C=O) groups excluding carboxylic acids is 8. The van der Waals surface area contributed by atoms with Crippen LogP contribution in [0.3, 0.4) is 0 Å². The molecule has 350 valence electrons. The van der Waals surface area contributed by atoms with Gasteiger partial charge in [-0.3, -0.25) is 43.2 Å². The number of nitrogens with one attached hydrogen (secondary N) is 2. The fourth-order valence-electron chi connectivity index (χ4n) is 7.18. The molecule has 5 rings (SSSR count). The zero-order valence-electron chi connectivity index (χ0n) is 36.5. The molecule has 0 spiro atoms. The second-order valence-corrected chi connectivity index (χ2v) is 14.8. The number of esters is 6. The van der Waals surface area contributed by atoms with Gasteiger partial charge in [0, 0.05) is 79.2 Å². The number of amides is 2. The van der Waals surface area contributed by atoms with Gasteiger partial charge in [0.15, 0.2) is 29.8 Å². The molecule has 2 aliphatic rings. The van der Waals surface area contributed by atoms with Gasteiger partial charge in [-0.15, -0.1) is 0 Å². The molecular formula is C43H48N2O20. The quantitative estimate of drug-likeness (QED) is 0.161. The zero-order chi connectivity index (χ0) is 47.7. The Morgan fingerprint density at radius 2 is 1.00 bits per heavy atom. The van der Waals surface area contributed by atoms with E-state index in [4.69, 9.17) is 51.8 Å². The van der Waals surface area contributed by atoms with Crippen LogP contribution in [-0.2, 0) is 76.3 Å². The molecule has 2 aliphatic heterocycles. The van der Waals surface area contributed by atoms with Crippen molar-refractivity contribution in [3.05, 3.63) is 58.8 Å². The second kappa shape index (κ2) is 21.5. The highest BCUT2D eigenvalue weighted by molar-refractivity contribution is 5.86. The summed E-state index contributed by atoms with van der Waals surface area (Å²) in [6.45, 7) is 7.67. The molecule has 22 nitrogen and oxygen atoms in total. The third-order valence-electron chi connectivity index (χ3n) is 9.46. The van der Waals surface area contributed by atoms with Crippen molar-refractivity contribution in [1.82, 2.24) is 10.6 Å². The summed E-state index contributed by atoms with van der Waals surface area (Å²) in [4.78, 5) is 113. The molecule has 2 aromatic carbocycles. The van der Waals surface area contributed by atoms with E-state index in [0.717, 1.165) is 55.4 Å². The lowest BCUT2D eigenvalue weighted by molar-refractivity contribution is -0.258. The molecule has 10 atom stereocenters. The largest absolute Gasteiger partial charge is 0.463 e. The van der Waals surface area contributed by atoms with Crippen molar-refractivity contribution in [2.45, 2.75) is 117 Å². The van der Waals surface area contributed by atoms with Gasteiger partial charge < -0.3 is 62.4 Å². The SMILES string of the molecule is CC(=O)NC1C(Oc2cc(OC3OC(COC(C)=O)C(OC(C)=O)C(OC(C)=O)C3NC(C)=O)c3c(=O)cc(-c4ccccc4)oc3c2)OC(COC(C)=O)C(OC(C)=O)C1OC(C)=O. The molecule has 1 aromatic heterocycles. The topological polar surface area (TPSA) is 283 Å². The van der Waals surface area contributed by atoms with E-state index < -0.39 is 128 Å². The van der Waals surface area contributed by atoms with Crippen LogP contribution in [0.15, 0.2) is 57.7 Å². The minimum Gasteiger partial charge on any atom is -0.463 e. The highest BCUT2D eigenvalue weighted by atomic mass is 16.7. The summed E-state index contributed by atoms with van der Waals surface area (Å²) >= 11 is 0. The highest BCUT2D eigenvalue weighted by Gasteiger charge is 2.54. The Morgan fingerprint density at radius 3 is 1.43 bits per heavy atom. The Morgan fingerprint density at radius 1 is 0.554 bits per heavy atom. The lowest BCUT2D eigenvalue weighted by Gasteiger charge is -2.45. The van der Waals surface area contributed by atoms with Gasteiger partial charge in [0.1, 0.15) is 65.7 Å². The maximum Gasteiger partial charge on any atom is 0.303 e. The Kier molecular flexibility index (Phi) is 16.2. The summed E-state index contributed by atoms with van der Waals surface area (Å²) in [7, 11) is 0. The third kappa shape index (κ3) is 13.0. The van der Waals surface area contributed by atoms with Crippen LogP contribution in [0.5, 0.6) is 11.5 Å². The van der Waals surface area contributed by atoms with E-state index in [1.165, 1.54) is 18.2 Å². The first-order chi connectivity index (χ1) is 30.7. The van der Waals surface area contributed by atoms with Crippen LogP contribution in [0.2, 0.25) is 0 Å². The summed E-state index contributed by atoms with van der Waals surface area (Å²) in [5.41, 5.74) is -0.333. The number of carbonyl (C=O) groups is 8. The molecule has 3 aromatic rings. The van der Waals surface area contributed by atoms with Crippen LogP contribution in [0.1, 0.15) is 55.4 Å². The van der Waals surface area contributed by atoms with E-state index in [1.807, 2.05) is 0 Å². The molecular weight excluding hydrogens is 864 g/mol. The summed E-state index contributed by atoms with van der Waals surface area (Å²) in [6, 6.07) is 9.26. The van der Waals surface area contributed by atoms with Crippen molar-refractivity contribution in [2.75, 3.05) is 13.2 Å². The zero-order valence-corrected chi connectivity index (χ0v) is 36.5. The van der Waals surface area contributed by atoms with E-state index >= 15 is 0 Å². The molecule has 2 fully saturated rings. The maximum absolute atomic E-state index is 14.2. The molecule has 10 unspecified atom stereocenters. The highest BCUT2D eigenvalue weighted by Crippen LogP contribution is 2.37. The number of benzene rings is 2. The predicted molar refractivity (Wildman–Crippen MR) is 217 cm³/mol. The smallest absolute Gasteiger partial charge is 0.303 e. The minimum absolute atomic E-state index is 0.0995. The molecule has 22 heteroatoms. The summed E-state index contributed by atoms with van der Waals surface area (Å²) in [6.07, 6.45) is -12.1. The Labute approximate surface area is 370 Å². The number of rotatable bonds is 15. The maximum atomic E-state index is 14.2. The van der Waals surface area contributed by atoms with Gasteiger partial charge in [-0.25, -0.2) is 0 Å². The Balaban J connectivity index is 1.71. The van der Waals surface area contributed by atoms with Gasteiger partial charge in [-0.2, -0.15) is 0 Å². The van der Waals surface area contributed by atoms with Crippen molar-refractivity contribution < 1.29 is 90.1 Å². The van der Waals surface area contributed by atoms with Crippen molar-refractivity contribution in [3.8, 4) is 22.8 Å². The lowest BCUT2D eigenvalue weighted by atomic mass is 9.96. The van der Waals surface area contributed by atoms with Crippen LogP contribution in [0.25, 0.3) is 22.3 Å². The third-order valence-corrected chi connectivity index (χ3v) is 9.46. The summed E-state index contributed by atoms with van der Waals surface area (Å²) < 4.78 is 64.0. The fourth-order valence-corrected chi connectivity index (χ4v) is 7.18. The van der Waals surface area contributed by atoms with Crippen LogP contribution in [0, 0.1) is 0 Å². The first-order valence-electron chi connectivity index (χ1n) is 20.0. The Hall–Kier alpha value is -7.07. The van der Waals surface area contributed by atoms with Crippen LogP contribution in [0.4, 0.5) is 0 Å². The number of hydrogen-bond acceptors (Lipinski definition) is 20. The van der Waals surface area contributed by atoms with Crippen LogP contribution >= 0.6 is 0 Å². The van der Waals surface area contributed by atoms with Crippen molar-refractivity contribution in [2.24, 2.45) is 0 Å². The van der Waals surface area contributed by atoms with Crippen LogP contribution in [-0.4, -0.2) is 122 Å². The fraction of sp³-hybridized carbons (Fsp3) is 0.465. The molecule has 0 aliphatic carbocycles. The average molecular weight is 913 g/mol. The first-order valence-corrected chi connectivity index (χ1v) is 20.0. The van der Waals surface area contributed by atoms with Gasteiger partial charge in [0.25, 0.3) is 0 Å². The van der Waals surface area contributed by atoms with E-state index in [0.29, 0.717) is 5.56 Å². The lowest BCUT2D eigenvalue weighted by Crippen LogP contribution is -2.67. The van der Waals surface area contributed by atoms with E-state index in [2.05, 4.69) is 10.6 Å². The minimum atomic E-state index is -1.73. The molecule has 65 heavy (non-hydrogen) atoms. The number of ether oxygens (including phenoxy) is 10. The van der Waals surface area contributed by atoms with Crippen LogP contribution < -0.4 is 25.5 Å². The molecule has 3 heterocycles. The predicted octanol–water partition coefficient (Wildman–Crippen LogP) is 1.53. The molecule has 2 saturated heterocycles. The van der Waals surface area contributed by atoms with E-state index in [9.17, 15) is 43.2 Å². The van der Waals surface area contributed by atoms with E-state index in [-0.39, 0.29) is 28.2 Å². The second-order valence-electron chi connectivity index (χ2n) is 14.8. The van der Waals surface area contributed by atoms with E-state index in [1.54, 1.807) is 30.3 Å². The van der Waals surface area contributed by atoms with Crippen molar-refractivity contribution >= 4 is 58.6 Å². The van der Waals surface area contributed by atoms with Gasteiger partial charge in [-0.05, 0) is 0 Å². The number of hydrogen-bond donors (Lipinski definition) is 2. The van der Waals surface area contributed by atoms with Crippen molar-refractivity contribution in [3.63, 3.8) is 0 Å². The molecule has 0 saturated carbocycles. The van der Waals surface area contributed by atoms with Gasteiger partial charge in [-0.1, -0.05) is 30.3 Å². The standard InChI is InChI=1S/C43H48N2O20/c1-19(46)44-36-40(59-25(7)52)38(57-23(5)50)33(17-55-21(3)48)64-42(36)61-28-14-31-35(29(54)16-30(62-31)27-12-10-9-11-13-27)32(15-28)63-43-37(45-20(2)47)41(60-26(8)53)39(58-24(6)51)34(65-43)18-56-22(4)49/h9-16,33-34,36-43H,17-18H2,1-8H3,(H,44,46)(H,45,47). The van der Waals surface area contributed by atoms with Crippen molar-refractivity contribution in [1.29, 1.82) is 0 Å². The van der Waals surface area contributed by atoms with Gasteiger partial charge in [0.2, 0.25) is 24.4 Å². The normalized spacial score (nSPS) is 24.9. The molecule has 2 N–H and O–H groups in total.